The third-order valence-corrected chi connectivity index (χ3v) is 1.02. The molecule has 4 heteroatoms. The van der Waals surface area contributed by atoms with Crippen LogP contribution in [-0.4, -0.2) is 17.0 Å². The van der Waals surface area contributed by atoms with Gasteiger partial charge in [0.1, 0.15) is 0 Å². The van der Waals surface area contributed by atoms with Crippen LogP contribution < -0.4 is 0 Å². The maximum atomic E-state index is 9.86. The second-order valence-corrected chi connectivity index (χ2v) is 2.05. The molecule has 1 N–H and O–H groups in total. The Morgan fingerprint density at radius 2 is 1.67 bits per heavy atom. The number of hydrogen-bond donors (Lipinski definition) is 1. The van der Waals surface area contributed by atoms with E-state index in [1.54, 1.807) is 19.9 Å². The van der Waals surface area contributed by atoms with Crippen LogP contribution >= 0.6 is 0 Å². The van der Waals surface area contributed by atoms with E-state index >= 15 is 0 Å². The fourth-order valence-corrected chi connectivity index (χ4v) is 0.241. The molecule has 0 saturated carbocycles. The fourth-order valence-electron chi connectivity index (χ4n) is 0.241. The van der Waals surface area contributed by atoms with Crippen molar-refractivity contribution in [2.24, 2.45) is 0 Å². The maximum absolute atomic E-state index is 9.86. The number of allylic oxidation sites excluding steroid dienone is 1. The van der Waals surface area contributed by atoms with Gasteiger partial charge in [-0.25, -0.2) is 4.79 Å². The van der Waals surface area contributed by atoms with E-state index in [2.05, 4.69) is 24.5 Å². The molecule has 0 aliphatic rings. The van der Waals surface area contributed by atoms with Gasteiger partial charge in [0.05, 0.1) is 6.26 Å². The Bertz CT molecular complexity index is 229. The smallest absolute Gasteiger partial charge is 0.330 e. The molecule has 0 heterocycles. The SMILES string of the molecule is C=C.C=COC(C)=O.CC=C(C)C(=O)O. The van der Waals surface area contributed by atoms with Crippen molar-refractivity contribution in [2.75, 3.05) is 0 Å². The van der Waals surface area contributed by atoms with Crippen molar-refractivity contribution >= 4 is 11.9 Å². The normalized spacial score (nSPS) is 8.33. The van der Waals surface area contributed by atoms with Gasteiger partial charge in [0.2, 0.25) is 0 Å². The van der Waals surface area contributed by atoms with Gasteiger partial charge in [-0.15, -0.1) is 13.2 Å². The van der Waals surface area contributed by atoms with Crippen LogP contribution in [0.1, 0.15) is 20.8 Å². The first-order valence-electron chi connectivity index (χ1n) is 4.10. The van der Waals surface area contributed by atoms with Crippen molar-refractivity contribution in [3.63, 3.8) is 0 Å². The van der Waals surface area contributed by atoms with E-state index in [0.717, 1.165) is 6.26 Å². The number of carboxylic acids is 1. The predicted octanol–water partition coefficient (Wildman–Crippen LogP) is 2.53. The summed E-state index contributed by atoms with van der Waals surface area (Å²) in [5, 5.41) is 8.11. The Morgan fingerprint density at radius 3 is 1.67 bits per heavy atom. The summed E-state index contributed by atoms with van der Waals surface area (Å²) < 4.78 is 4.17. The van der Waals surface area contributed by atoms with Crippen molar-refractivity contribution in [2.45, 2.75) is 20.8 Å². The highest BCUT2D eigenvalue weighted by Crippen LogP contribution is 1.87. The lowest BCUT2D eigenvalue weighted by Crippen LogP contribution is -1.93. The average Bonchev–Trinajstić information content (AvgIpc) is 2.20. The highest BCUT2D eigenvalue weighted by molar-refractivity contribution is 5.85. The third kappa shape index (κ3) is 24.5. The molecule has 86 valence electrons. The number of ether oxygens (including phenoxy) is 1. The molecule has 0 bridgehead atoms. The number of rotatable bonds is 2. The summed E-state index contributed by atoms with van der Waals surface area (Å²) in [4.78, 5) is 19.6. The Morgan fingerprint density at radius 1 is 1.27 bits per heavy atom. The van der Waals surface area contributed by atoms with Crippen LogP contribution in [-0.2, 0) is 14.3 Å². The monoisotopic (exact) mass is 214 g/mol. The van der Waals surface area contributed by atoms with Crippen molar-refractivity contribution < 1.29 is 19.4 Å². The molecule has 0 aromatic rings. The Labute approximate surface area is 90.6 Å². The first-order chi connectivity index (χ1) is 6.95. The summed E-state index contributed by atoms with van der Waals surface area (Å²) >= 11 is 0. The molecule has 0 saturated heterocycles. The lowest BCUT2D eigenvalue weighted by Gasteiger charge is -1.84. The molecule has 0 rings (SSSR count). The number of carbonyl (C=O) groups excluding carboxylic acids is 1. The quantitative estimate of drug-likeness (QED) is 0.332. The van der Waals surface area contributed by atoms with Crippen molar-refractivity contribution in [3.05, 3.63) is 37.6 Å². The molecule has 0 fully saturated rings. The summed E-state index contributed by atoms with van der Waals surface area (Å²) in [5.41, 5.74) is 0.389. The van der Waals surface area contributed by atoms with Gasteiger partial charge in [0, 0.05) is 12.5 Å². The van der Waals surface area contributed by atoms with Gasteiger partial charge in [0.15, 0.2) is 0 Å². The van der Waals surface area contributed by atoms with Crippen LogP contribution in [0.25, 0.3) is 0 Å². The van der Waals surface area contributed by atoms with Gasteiger partial charge in [0.25, 0.3) is 0 Å². The zero-order valence-electron chi connectivity index (χ0n) is 9.45. The number of carbonyl (C=O) groups is 2. The van der Waals surface area contributed by atoms with E-state index in [1.807, 2.05) is 0 Å². The summed E-state index contributed by atoms with van der Waals surface area (Å²) in [6.07, 6.45) is 2.66. The molecule has 15 heavy (non-hydrogen) atoms. The molecule has 0 amide bonds. The van der Waals surface area contributed by atoms with E-state index in [9.17, 15) is 9.59 Å². The minimum Gasteiger partial charge on any atom is -0.478 e. The van der Waals surface area contributed by atoms with Gasteiger partial charge in [-0.05, 0) is 13.8 Å². The second kappa shape index (κ2) is 14.7. The predicted molar refractivity (Wildman–Crippen MR) is 60.3 cm³/mol. The molecule has 0 aliphatic carbocycles. The van der Waals surface area contributed by atoms with Crippen LogP contribution in [0.5, 0.6) is 0 Å². The maximum Gasteiger partial charge on any atom is 0.330 e. The number of carboxylic acid groups (broad SMARTS) is 1. The van der Waals surface area contributed by atoms with Crippen LogP contribution in [0.4, 0.5) is 0 Å². The van der Waals surface area contributed by atoms with Crippen molar-refractivity contribution in [1.82, 2.24) is 0 Å². The molecule has 0 aromatic carbocycles. The van der Waals surface area contributed by atoms with E-state index in [0.29, 0.717) is 5.57 Å². The minimum absolute atomic E-state index is 0.329. The Hall–Kier alpha value is -1.84. The molecule has 0 atom stereocenters. The molecule has 0 spiro atoms. The van der Waals surface area contributed by atoms with Gasteiger partial charge >= 0.3 is 11.9 Å². The average molecular weight is 214 g/mol. The van der Waals surface area contributed by atoms with Gasteiger partial charge in [-0.1, -0.05) is 12.7 Å². The lowest BCUT2D eigenvalue weighted by atomic mass is 10.3. The number of aliphatic carboxylic acids is 1. The Kier molecular flexibility index (Phi) is 18.4. The largest absolute Gasteiger partial charge is 0.478 e. The highest BCUT2D eigenvalue weighted by atomic mass is 16.5. The summed E-state index contributed by atoms with van der Waals surface area (Å²) in [6, 6.07) is 0. The summed E-state index contributed by atoms with van der Waals surface area (Å²) in [7, 11) is 0. The van der Waals surface area contributed by atoms with Crippen LogP contribution in [0.3, 0.4) is 0 Å². The topological polar surface area (TPSA) is 63.6 Å². The Balaban J connectivity index is -0.000000166. The first-order valence-corrected chi connectivity index (χ1v) is 4.10. The highest BCUT2D eigenvalue weighted by Gasteiger charge is 1.93. The van der Waals surface area contributed by atoms with Crippen molar-refractivity contribution in [1.29, 1.82) is 0 Å². The molecular formula is C11H18O4. The van der Waals surface area contributed by atoms with Crippen molar-refractivity contribution in [3.8, 4) is 0 Å². The molecule has 0 aliphatic heterocycles. The number of esters is 1. The van der Waals surface area contributed by atoms with Gasteiger partial charge in [-0.3, -0.25) is 4.79 Å². The summed E-state index contributed by atoms with van der Waals surface area (Å²) in [6.45, 7) is 13.7. The summed E-state index contributed by atoms with van der Waals surface area (Å²) in [5.74, 6) is -1.17. The van der Waals surface area contributed by atoms with E-state index in [-0.39, 0.29) is 5.97 Å². The van der Waals surface area contributed by atoms with Gasteiger partial charge < -0.3 is 9.84 Å². The zero-order valence-corrected chi connectivity index (χ0v) is 9.45. The first kappa shape index (κ1) is 18.9. The van der Waals surface area contributed by atoms with Gasteiger partial charge in [-0.2, -0.15) is 0 Å². The lowest BCUT2D eigenvalue weighted by molar-refractivity contribution is -0.135. The standard InChI is InChI=1S/C5H8O2.C4H6O2.C2H4/c1-3-4(2)5(6)7;1-3-6-4(2)5;1-2/h3H,1-2H3,(H,6,7);3H,1H2,2H3;1-2H2. The molecule has 0 aromatic heterocycles. The molecule has 0 unspecified atom stereocenters. The van der Waals surface area contributed by atoms with Crippen LogP contribution in [0.2, 0.25) is 0 Å². The van der Waals surface area contributed by atoms with E-state index < -0.39 is 5.97 Å². The third-order valence-electron chi connectivity index (χ3n) is 1.02. The zero-order chi connectivity index (χ0) is 12.9. The number of hydrogen-bond acceptors (Lipinski definition) is 3. The molecule has 0 radical (unpaired) electrons. The molecule has 4 nitrogen and oxygen atoms in total. The van der Waals surface area contributed by atoms with E-state index in [4.69, 9.17) is 5.11 Å². The fraction of sp³-hybridized carbons (Fsp3) is 0.273. The van der Waals surface area contributed by atoms with Crippen LogP contribution in [0, 0.1) is 0 Å². The minimum atomic E-state index is -0.845. The molecular weight excluding hydrogens is 196 g/mol. The van der Waals surface area contributed by atoms with Crippen LogP contribution in [0.15, 0.2) is 37.6 Å². The van der Waals surface area contributed by atoms with E-state index in [1.165, 1.54) is 6.92 Å². The second-order valence-electron chi connectivity index (χ2n) is 2.05.